The molecule has 0 spiro atoms. The highest BCUT2D eigenvalue weighted by molar-refractivity contribution is 5.86. The van der Waals surface area contributed by atoms with Gasteiger partial charge in [0.15, 0.2) is 0 Å². The summed E-state index contributed by atoms with van der Waals surface area (Å²) in [5, 5.41) is 11.7. The van der Waals surface area contributed by atoms with E-state index in [4.69, 9.17) is 11.5 Å². The van der Waals surface area contributed by atoms with Crippen LogP contribution < -0.4 is 16.8 Å². The van der Waals surface area contributed by atoms with Crippen LogP contribution in [0.2, 0.25) is 0 Å². The van der Waals surface area contributed by atoms with Crippen LogP contribution in [0.4, 0.5) is 0 Å². The first-order valence-corrected chi connectivity index (χ1v) is 7.07. The Morgan fingerprint density at radius 1 is 1.19 bits per heavy atom. The van der Waals surface area contributed by atoms with Gasteiger partial charge in [-0.25, -0.2) is 4.79 Å². The lowest BCUT2D eigenvalue weighted by atomic mass is 10.0. The molecule has 2 atom stereocenters. The summed E-state index contributed by atoms with van der Waals surface area (Å²) in [5.74, 6) is -1.49. The van der Waals surface area contributed by atoms with Crippen LogP contribution in [-0.2, 0) is 16.0 Å². The second-order valence-corrected chi connectivity index (χ2v) is 4.96. The second kappa shape index (κ2) is 9.10. The Morgan fingerprint density at radius 2 is 1.86 bits per heavy atom. The Labute approximate surface area is 124 Å². The number of carbonyl (C=O) groups is 2. The highest BCUT2D eigenvalue weighted by Crippen LogP contribution is 2.06. The topological polar surface area (TPSA) is 118 Å². The van der Waals surface area contributed by atoms with E-state index in [0.717, 1.165) is 5.56 Å². The molecule has 0 heterocycles. The van der Waals surface area contributed by atoms with Crippen molar-refractivity contribution in [1.29, 1.82) is 0 Å². The smallest absolute Gasteiger partial charge is 0.326 e. The number of aryl methyl sites for hydroxylation is 1. The van der Waals surface area contributed by atoms with Crippen LogP contribution in [0.25, 0.3) is 0 Å². The van der Waals surface area contributed by atoms with Gasteiger partial charge in [0.25, 0.3) is 0 Å². The van der Waals surface area contributed by atoms with Crippen molar-refractivity contribution in [1.82, 2.24) is 5.32 Å². The minimum Gasteiger partial charge on any atom is -0.480 e. The van der Waals surface area contributed by atoms with E-state index in [1.165, 1.54) is 0 Å². The molecular weight excluding hydrogens is 270 g/mol. The lowest BCUT2D eigenvalue weighted by Crippen LogP contribution is -2.48. The van der Waals surface area contributed by atoms with Gasteiger partial charge in [0, 0.05) is 0 Å². The van der Waals surface area contributed by atoms with Gasteiger partial charge in [-0.2, -0.15) is 0 Å². The van der Waals surface area contributed by atoms with Crippen molar-refractivity contribution < 1.29 is 14.7 Å². The fraction of sp³-hybridized carbons (Fsp3) is 0.467. The van der Waals surface area contributed by atoms with Crippen LogP contribution >= 0.6 is 0 Å². The van der Waals surface area contributed by atoms with Crippen molar-refractivity contribution in [2.75, 3.05) is 6.54 Å². The fourth-order valence-electron chi connectivity index (χ4n) is 1.96. The Kier molecular flexibility index (Phi) is 7.42. The molecule has 0 radical (unpaired) electrons. The first kappa shape index (κ1) is 17.1. The molecule has 6 heteroatoms. The van der Waals surface area contributed by atoms with Crippen LogP contribution in [0.1, 0.15) is 24.8 Å². The standard InChI is InChI=1S/C15H23N3O3/c16-10-4-7-12(17)14(19)18-13(15(20)21)9-8-11-5-2-1-3-6-11/h1-3,5-6,12-13H,4,7-10,16-17H2,(H,18,19)(H,20,21)/t12-,13+/m1/s1. The monoisotopic (exact) mass is 293 g/mol. The van der Waals surface area contributed by atoms with Crippen molar-refractivity contribution in [2.24, 2.45) is 11.5 Å². The van der Waals surface area contributed by atoms with Gasteiger partial charge in [0.1, 0.15) is 6.04 Å². The number of rotatable bonds is 9. The van der Waals surface area contributed by atoms with E-state index in [0.29, 0.717) is 32.2 Å². The molecular formula is C15H23N3O3. The van der Waals surface area contributed by atoms with Crippen LogP contribution in [-0.4, -0.2) is 35.6 Å². The number of benzene rings is 1. The molecule has 1 aromatic rings. The number of carbonyl (C=O) groups excluding carboxylic acids is 1. The molecule has 6 N–H and O–H groups in total. The third-order valence-corrected chi connectivity index (χ3v) is 3.24. The summed E-state index contributed by atoms with van der Waals surface area (Å²) in [6.45, 7) is 0.456. The lowest BCUT2D eigenvalue weighted by molar-refractivity contribution is -0.142. The number of hydrogen-bond donors (Lipinski definition) is 4. The van der Waals surface area contributed by atoms with E-state index >= 15 is 0 Å². The molecule has 0 aromatic heterocycles. The number of amides is 1. The number of nitrogens with one attached hydrogen (secondary N) is 1. The average molecular weight is 293 g/mol. The third-order valence-electron chi connectivity index (χ3n) is 3.24. The fourth-order valence-corrected chi connectivity index (χ4v) is 1.96. The molecule has 1 rings (SSSR count). The maximum Gasteiger partial charge on any atom is 0.326 e. The van der Waals surface area contributed by atoms with E-state index in [-0.39, 0.29) is 0 Å². The molecule has 1 amide bonds. The zero-order valence-corrected chi connectivity index (χ0v) is 12.0. The van der Waals surface area contributed by atoms with Gasteiger partial charge in [0.2, 0.25) is 5.91 Å². The second-order valence-electron chi connectivity index (χ2n) is 4.96. The van der Waals surface area contributed by atoms with Crippen LogP contribution in [0.15, 0.2) is 30.3 Å². The van der Waals surface area contributed by atoms with Gasteiger partial charge in [-0.1, -0.05) is 30.3 Å². The molecule has 0 bridgehead atoms. The van der Waals surface area contributed by atoms with Crippen molar-refractivity contribution in [3.05, 3.63) is 35.9 Å². The SMILES string of the molecule is NCCC[C@@H](N)C(=O)N[C@@H](CCc1ccccc1)C(=O)O. The molecule has 0 saturated carbocycles. The predicted octanol–water partition coefficient (Wildman–Crippen LogP) is 0.255. The Hall–Kier alpha value is -1.92. The zero-order chi connectivity index (χ0) is 15.7. The van der Waals surface area contributed by atoms with E-state index in [2.05, 4.69) is 5.32 Å². The highest BCUT2D eigenvalue weighted by Gasteiger charge is 2.22. The van der Waals surface area contributed by atoms with Crippen molar-refractivity contribution >= 4 is 11.9 Å². The summed E-state index contributed by atoms with van der Waals surface area (Å²) in [4.78, 5) is 23.1. The van der Waals surface area contributed by atoms with Gasteiger partial charge in [0.05, 0.1) is 6.04 Å². The predicted molar refractivity (Wildman–Crippen MR) is 80.6 cm³/mol. The number of carboxylic acids is 1. The molecule has 0 unspecified atom stereocenters. The van der Waals surface area contributed by atoms with Gasteiger partial charge in [-0.3, -0.25) is 4.79 Å². The minimum absolute atomic E-state index is 0.328. The van der Waals surface area contributed by atoms with Crippen molar-refractivity contribution in [3.8, 4) is 0 Å². The molecule has 0 aliphatic rings. The first-order valence-electron chi connectivity index (χ1n) is 7.07. The van der Waals surface area contributed by atoms with Crippen LogP contribution in [0.3, 0.4) is 0 Å². The molecule has 0 saturated heterocycles. The van der Waals surface area contributed by atoms with Gasteiger partial charge in [-0.05, 0) is 37.8 Å². The Bertz CT molecular complexity index is 451. The van der Waals surface area contributed by atoms with E-state index in [1.807, 2.05) is 30.3 Å². The van der Waals surface area contributed by atoms with Gasteiger partial charge >= 0.3 is 5.97 Å². The summed E-state index contributed by atoms with van der Waals surface area (Å²) in [5.41, 5.74) is 12.1. The maximum absolute atomic E-state index is 11.8. The Morgan fingerprint density at radius 3 is 2.43 bits per heavy atom. The normalized spacial score (nSPS) is 13.4. The largest absolute Gasteiger partial charge is 0.480 e. The number of nitrogens with two attached hydrogens (primary N) is 2. The van der Waals surface area contributed by atoms with E-state index < -0.39 is 24.0 Å². The average Bonchev–Trinajstić information content (AvgIpc) is 2.49. The summed E-state index contributed by atoms with van der Waals surface area (Å²) in [7, 11) is 0. The first-order chi connectivity index (χ1) is 10.0. The maximum atomic E-state index is 11.8. The van der Waals surface area contributed by atoms with Gasteiger partial charge in [-0.15, -0.1) is 0 Å². The number of aliphatic carboxylic acids is 1. The highest BCUT2D eigenvalue weighted by atomic mass is 16.4. The molecule has 6 nitrogen and oxygen atoms in total. The van der Waals surface area contributed by atoms with Crippen LogP contribution in [0.5, 0.6) is 0 Å². The van der Waals surface area contributed by atoms with Crippen LogP contribution in [0, 0.1) is 0 Å². The number of carboxylic acid groups (broad SMARTS) is 1. The summed E-state index contributed by atoms with van der Waals surface area (Å²) < 4.78 is 0. The summed E-state index contributed by atoms with van der Waals surface area (Å²) in [6, 6.07) is 7.89. The van der Waals surface area contributed by atoms with Gasteiger partial charge < -0.3 is 21.9 Å². The number of hydrogen-bond acceptors (Lipinski definition) is 4. The molecule has 0 aliphatic carbocycles. The van der Waals surface area contributed by atoms with E-state index in [1.54, 1.807) is 0 Å². The molecule has 21 heavy (non-hydrogen) atoms. The molecule has 0 fully saturated rings. The molecule has 1 aromatic carbocycles. The summed E-state index contributed by atoms with van der Waals surface area (Å²) >= 11 is 0. The third kappa shape index (κ3) is 6.37. The quantitative estimate of drug-likeness (QED) is 0.520. The molecule has 0 aliphatic heterocycles. The van der Waals surface area contributed by atoms with Crippen molar-refractivity contribution in [2.45, 2.75) is 37.8 Å². The molecule has 116 valence electrons. The Balaban J connectivity index is 2.50. The lowest BCUT2D eigenvalue weighted by Gasteiger charge is -2.17. The zero-order valence-electron chi connectivity index (χ0n) is 12.0. The van der Waals surface area contributed by atoms with Crippen molar-refractivity contribution in [3.63, 3.8) is 0 Å². The minimum atomic E-state index is -1.05. The summed E-state index contributed by atoms with van der Waals surface area (Å²) in [6.07, 6.45) is 1.99. The van der Waals surface area contributed by atoms with E-state index in [9.17, 15) is 14.7 Å².